The van der Waals surface area contributed by atoms with Crippen molar-refractivity contribution in [2.75, 3.05) is 18.4 Å². The number of nitrogens with zero attached hydrogens (tertiary/aromatic N) is 1. The molecule has 3 atom stereocenters. The summed E-state index contributed by atoms with van der Waals surface area (Å²) in [5.74, 6) is 0.0486. The van der Waals surface area contributed by atoms with E-state index in [9.17, 15) is 9.59 Å². The van der Waals surface area contributed by atoms with Crippen LogP contribution < -0.4 is 5.32 Å². The van der Waals surface area contributed by atoms with Gasteiger partial charge in [0.15, 0.2) is 0 Å². The Labute approximate surface area is 141 Å². The fraction of sp³-hybridized carbons (Fsp3) is 0.529. The molecule has 2 amide bonds. The third-order valence-corrected chi connectivity index (χ3v) is 4.67. The second-order valence-corrected chi connectivity index (χ2v) is 7.38. The van der Waals surface area contributed by atoms with Gasteiger partial charge in [-0.15, -0.1) is 11.8 Å². The maximum absolute atomic E-state index is 12.6. The molecule has 23 heavy (non-hydrogen) atoms. The highest BCUT2D eigenvalue weighted by atomic mass is 32.2. The van der Waals surface area contributed by atoms with Crippen molar-refractivity contribution in [3.63, 3.8) is 0 Å². The molecule has 1 saturated heterocycles. The Kier molecular flexibility index (Phi) is 6.07. The van der Waals surface area contributed by atoms with Gasteiger partial charge in [-0.1, -0.05) is 0 Å². The number of morpholine rings is 1. The number of carbonyl (C=O) groups is 2. The number of carbonyl (C=O) groups excluding carboxylic acids is 2. The molecule has 1 N–H and O–H groups in total. The van der Waals surface area contributed by atoms with Crippen LogP contribution in [0.25, 0.3) is 0 Å². The van der Waals surface area contributed by atoms with Crippen LogP contribution in [0.15, 0.2) is 29.2 Å². The lowest BCUT2D eigenvalue weighted by Crippen LogP contribution is -2.50. The summed E-state index contributed by atoms with van der Waals surface area (Å²) < 4.78 is 5.67. The number of rotatable bonds is 4. The average Bonchev–Trinajstić information content (AvgIpc) is 2.47. The van der Waals surface area contributed by atoms with E-state index in [2.05, 4.69) is 5.32 Å². The summed E-state index contributed by atoms with van der Waals surface area (Å²) in [5.41, 5.74) is 0.761. The molecular formula is C17H24N2O3S. The summed E-state index contributed by atoms with van der Waals surface area (Å²) in [4.78, 5) is 26.5. The Morgan fingerprint density at radius 2 is 1.78 bits per heavy atom. The highest BCUT2D eigenvalue weighted by Gasteiger charge is 2.29. The number of nitrogens with one attached hydrogen (secondary N) is 1. The predicted octanol–water partition coefficient (Wildman–Crippen LogP) is 2.76. The molecule has 1 aliphatic heterocycles. The van der Waals surface area contributed by atoms with E-state index in [1.165, 1.54) is 18.7 Å². The molecule has 0 spiro atoms. The molecule has 1 aromatic carbocycles. The van der Waals surface area contributed by atoms with Crippen LogP contribution in [0.3, 0.4) is 0 Å². The number of hydrogen-bond donors (Lipinski definition) is 1. The normalized spacial score (nSPS) is 22.5. The smallest absolute Gasteiger partial charge is 0.235 e. The van der Waals surface area contributed by atoms with E-state index in [4.69, 9.17) is 4.74 Å². The summed E-state index contributed by atoms with van der Waals surface area (Å²) in [6.45, 7) is 8.70. The maximum Gasteiger partial charge on any atom is 0.235 e. The quantitative estimate of drug-likeness (QED) is 0.859. The van der Waals surface area contributed by atoms with Crippen molar-refractivity contribution in [2.45, 2.75) is 50.0 Å². The van der Waals surface area contributed by atoms with Crippen molar-refractivity contribution >= 4 is 29.3 Å². The van der Waals surface area contributed by atoms with Crippen LogP contribution in [0.1, 0.15) is 27.7 Å². The molecule has 1 aromatic rings. The molecule has 1 aliphatic rings. The molecule has 2 rings (SSSR count). The minimum atomic E-state index is -0.154. The zero-order chi connectivity index (χ0) is 17.0. The number of thioether (sulfide) groups is 1. The van der Waals surface area contributed by atoms with Crippen molar-refractivity contribution in [2.24, 2.45) is 0 Å². The molecular weight excluding hydrogens is 312 g/mol. The second-order valence-electron chi connectivity index (χ2n) is 5.97. The van der Waals surface area contributed by atoms with Gasteiger partial charge in [0.05, 0.1) is 17.5 Å². The first kappa shape index (κ1) is 17.8. The van der Waals surface area contributed by atoms with Gasteiger partial charge in [0.1, 0.15) is 0 Å². The Morgan fingerprint density at radius 3 is 2.30 bits per heavy atom. The fourth-order valence-electron chi connectivity index (χ4n) is 2.69. The molecule has 126 valence electrons. The first-order valence-corrected chi connectivity index (χ1v) is 8.71. The van der Waals surface area contributed by atoms with Crippen molar-refractivity contribution in [3.05, 3.63) is 24.3 Å². The Balaban J connectivity index is 1.94. The van der Waals surface area contributed by atoms with Crippen molar-refractivity contribution in [1.29, 1.82) is 0 Å². The van der Waals surface area contributed by atoms with Crippen molar-refractivity contribution in [1.82, 2.24) is 4.90 Å². The van der Waals surface area contributed by atoms with Gasteiger partial charge in [0, 0.05) is 30.6 Å². The number of ether oxygens (including phenoxy) is 1. The third-order valence-electron chi connectivity index (χ3n) is 3.57. The monoisotopic (exact) mass is 336 g/mol. The van der Waals surface area contributed by atoms with E-state index in [0.717, 1.165) is 10.6 Å². The standard InChI is InChI=1S/C17H24N2O3S/c1-11-9-19(10-12(2)22-11)17(21)13(3)23-16-7-5-15(6-8-16)18-14(4)20/h5-8,11-13H,9-10H2,1-4H3,(H,18,20). The van der Waals surface area contributed by atoms with E-state index < -0.39 is 0 Å². The SMILES string of the molecule is CC(=O)Nc1ccc(SC(C)C(=O)N2CC(C)OC(C)C2)cc1. The third kappa shape index (κ3) is 5.25. The minimum Gasteiger partial charge on any atom is -0.372 e. The number of benzene rings is 1. The second kappa shape index (κ2) is 7.84. The van der Waals surface area contributed by atoms with Gasteiger partial charge >= 0.3 is 0 Å². The van der Waals surface area contributed by atoms with E-state index in [0.29, 0.717) is 13.1 Å². The van der Waals surface area contributed by atoms with E-state index in [1.807, 2.05) is 49.9 Å². The van der Waals surface area contributed by atoms with Gasteiger partial charge < -0.3 is 15.0 Å². The van der Waals surface area contributed by atoms with E-state index >= 15 is 0 Å². The van der Waals surface area contributed by atoms with Gasteiger partial charge in [-0.25, -0.2) is 0 Å². The van der Waals surface area contributed by atoms with E-state index in [-0.39, 0.29) is 29.3 Å². The zero-order valence-electron chi connectivity index (χ0n) is 14.0. The van der Waals surface area contributed by atoms with Gasteiger partial charge in [0.2, 0.25) is 11.8 Å². The van der Waals surface area contributed by atoms with Crippen LogP contribution in [0, 0.1) is 0 Å². The van der Waals surface area contributed by atoms with Crippen molar-refractivity contribution in [3.8, 4) is 0 Å². The first-order chi connectivity index (χ1) is 10.8. The van der Waals surface area contributed by atoms with Crippen LogP contribution in [0.4, 0.5) is 5.69 Å². The lowest BCUT2D eigenvalue weighted by Gasteiger charge is -2.36. The van der Waals surface area contributed by atoms with Crippen LogP contribution in [-0.2, 0) is 14.3 Å². The Morgan fingerprint density at radius 1 is 1.22 bits per heavy atom. The molecule has 0 radical (unpaired) electrons. The summed E-state index contributed by atoms with van der Waals surface area (Å²) in [5, 5.41) is 2.58. The van der Waals surface area contributed by atoms with Crippen LogP contribution in [-0.4, -0.2) is 47.3 Å². The topological polar surface area (TPSA) is 58.6 Å². The summed E-state index contributed by atoms with van der Waals surface area (Å²) in [6, 6.07) is 7.54. The fourth-order valence-corrected chi connectivity index (χ4v) is 3.64. The zero-order valence-corrected chi connectivity index (χ0v) is 14.9. The van der Waals surface area contributed by atoms with Crippen LogP contribution >= 0.6 is 11.8 Å². The average molecular weight is 336 g/mol. The van der Waals surface area contributed by atoms with Gasteiger partial charge in [-0.3, -0.25) is 9.59 Å². The van der Waals surface area contributed by atoms with E-state index in [1.54, 1.807) is 0 Å². The van der Waals surface area contributed by atoms with Gasteiger partial charge in [0.25, 0.3) is 0 Å². The highest BCUT2D eigenvalue weighted by molar-refractivity contribution is 8.00. The molecule has 0 bridgehead atoms. The minimum absolute atomic E-state index is 0.0804. The molecule has 6 heteroatoms. The molecule has 0 aromatic heterocycles. The molecule has 0 aliphatic carbocycles. The summed E-state index contributed by atoms with van der Waals surface area (Å²) >= 11 is 1.53. The first-order valence-electron chi connectivity index (χ1n) is 7.83. The molecule has 1 fully saturated rings. The van der Waals surface area contributed by atoms with Crippen LogP contribution in [0.2, 0.25) is 0 Å². The largest absolute Gasteiger partial charge is 0.372 e. The van der Waals surface area contributed by atoms with Gasteiger partial charge in [-0.05, 0) is 45.0 Å². The van der Waals surface area contributed by atoms with Gasteiger partial charge in [-0.2, -0.15) is 0 Å². The highest BCUT2D eigenvalue weighted by Crippen LogP contribution is 2.26. The number of hydrogen-bond acceptors (Lipinski definition) is 4. The Hall–Kier alpha value is -1.53. The maximum atomic E-state index is 12.6. The predicted molar refractivity (Wildman–Crippen MR) is 92.7 cm³/mol. The van der Waals surface area contributed by atoms with Crippen LogP contribution in [0.5, 0.6) is 0 Å². The summed E-state index contributed by atoms with van der Waals surface area (Å²) in [6.07, 6.45) is 0.161. The lowest BCUT2D eigenvalue weighted by atomic mass is 10.2. The van der Waals surface area contributed by atoms with Crippen molar-refractivity contribution < 1.29 is 14.3 Å². The number of amides is 2. The molecule has 5 nitrogen and oxygen atoms in total. The lowest BCUT2D eigenvalue weighted by molar-refractivity contribution is -0.142. The molecule has 3 unspecified atom stereocenters. The summed E-state index contributed by atoms with van der Waals surface area (Å²) in [7, 11) is 0. The Bertz CT molecular complexity index is 551. The molecule has 0 saturated carbocycles. The number of anilines is 1. The molecule has 1 heterocycles.